The standard InChI is InChI=1S/C22H27ClN4O/c1-7-14-9-10-17(23)15(8-2)20(14)25-22(28)16-11-18(12(3)4)24-21-19(16)13(5)26-27(21)6/h9-12H,7-8H2,1-6H3,(H,25,28). The van der Waals surface area contributed by atoms with Crippen LogP contribution in [-0.2, 0) is 19.9 Å². The van der Waals surface area contributed by atoms with E-state index in [9.17, 15) is 4.79 Å². The summed E-state index contributed by atoms with van der Waals surface area (Å²) in [5, 5.41) is 9.09. The van der Waals surface area contributed by atoms with Gasteiger partial charge >= 0.3 is 0 Å². The van der Waals surface area contributed by atoms with Crippen LogP contribution in [0, 0.1) is 6.92 Å². The normalized spacial score (nSPS) is 11.4. The molecule has 1 aromatic carbocycles. The minimum absolute atomic E-state index is 0.155. The van der Waals surface area contributed by atoms with E-state index in [4.69, 9.17) is 16.6 Å². The maximum Gasteiger partial charge on any atom is 0.256 e. The average molecular weight is 399 g/mol. The predicted octanol–water partition coefficient (Wildman–Crippen LogP) is 5.43. The van der Waals surface area contributed by atoms with Crippen molar-refractivity contribution in [3.63, 3.8) is 0 Å². The van der Waals surface area contributed by atoms with Crippen molar-refractivity contribution < 1.29 is 4.79 Å². The number of aryl methyl sites for hydroxylation is 3. The van der Waals surface area contributed by atoms with E-state index in [0.717, 1.165) is 52.1 Å². The molecule has 5 nitrogen and oxygen atoms in total. The average Bonchev–Trinajstić information content (AvgIpc) is 2.95. The van der Waals surface area contributed by atoms with Crippen molar-refractivity contribution in [1.82, 2.24) is 14.8 Å². The first kappa shape index (κ1) is 20.3. The van der Waals surface area contributed by atoms with E-state index in [1.54, 1.807) is 4.68 Å². The highest BCUT2D eigenvalue weighted by molar-refractivity contribution is 6.32. The summed E-state index contributed by atoms with van der Waals surface area (Å²) in [5.74, 6) is 0.0480. The predicted molar refractivity (Wildman–Crippen MR) is 115 cm³/mol. The summed E-state index contributed by atoms with van der Waals surface area (Å²) in [5.41, 5.74) is 5.86. The van der Waals surface area contributed by atoms with Crippen molar-refractivity contribution in [2.45, 2.75) is 53.4 Å². The first-order valence-corrected chi connectivity index (χ1v) is 10.1. The number of benzene rings is 1. The van der Waals surface area contributed by atoms with Crippen LogP contribution in [0.1, 0.15) is 66.5 Å². The molecular weight excluding hydrogens is 372 g/mol. The van der Waals surface area contributed by atoms with Gasteiger partial charge in [-0.25, -0.2) is 4.98 Å². The largest absolute Gasteiger partial charge is 0.321 e. The molecule has 1 amide bonds. The van der Waals surface area contributed by atoms with Gasteiger partial charge in [0.2, 0.25) is 0 Å². The third-order valence-corrected chi connectivity index (χ3v) is 5.49. The van der Waals surface area contributed by atoms with Crippen LogP contribution in [0.15, 0.2) is 18.2 Å². The van der Waals surface area contributed by atoms with Crippen LogP contribution in [0.2, 0.25) is 5.02 Å². The van der Waals surface area contributed by atoms with Crippen molar-refractivity contribution in [3.8, 4) is 0 Å². The van der Waals surface area contributed by atoms with Crippen LogP contribution >= 0.6 is 11.6 Å². The molecule has 0 aliphatic carbocycles. The second kappa shape index (κ2) is 7.92. The maximum absolute atomic E-state index is 13.4. The summed E-state index contributed by atoms with van der Waals surface area (Å²) >= 11 is 6.40. The minimum atomic E-state index is -0.155. The number of nitrogens with zero attached hydrogens (tertiary/aromatic N) is 3. The summed E-state index contributed by atoms with van der Waals surface area (Å²) in [6.45, 7) is 10.2. The van der Waals surface area contributed by atoms with Gasteiger partial charge in [-0.05, 0) is 48.9 Å². The lowest BCUT2D eigenvalue weighted by Crippen LogP contribution is -2.16. The Morgan fingerprint density at radius 3 is 2.57 bits per heavy atom. The highest BCUT2D eigenvalue weighted by Crippen LogP contribution is 2.31. The number of halogens is 1. The maximum atomic E-state index is 13.4. The summed E-state index contributed by atoms with van der Waals surface area (Å²) in [6.07, 6.45) is 1.56. The van der Waals surface area contributed by atoms with E-state index in [1.165, 1.54) is 0 Å². The molecule has 0 aliphatic heterocycles. The Kier molecular flexibility index (Phi) is 5.75. The summed E-state index contributed by atoms with van der Waals surface area (Å²) in [6, 6.07) is 5.77. The van der Waals surface area contributed by atoms with E-state index in [1.807, 2.05) is 39.1 Å². The highest BCUT2D eigenvalue weighted by atomic mass is 35.5. The number of fused-ring (bicyclic) bond motifs is 1. The molecule has 3 rings (SSSR count). The Bertz CT molecular complexity index is 1050. The second-order valence-electron chi connectivity index (χ2n) is 7.38. The Balaban J connectivity index is 2.17. The van der Waals surface area contributed by atoms with Crippen LogP contribution in [0.4, 0.5) is 5.69 Å². The molecule has 0 aliphatic rings. The lowest BCUT2D eigenvalue weighted by molar-refractivity contribution is 0.102. The number of aromatic nitrogens is 3. The SMILES string of the molecule is CCc1ccc(Cl)c(CC)c1NC(=O)c1cc(C(C)C)nc2c1c(C)nn2C. The molecule has 0 spiro atoms. The van der Waals surface area contributed by atoms with Gasteiger partial charge in [0.05, 0.1) is 16.6 Å². The number of hydrogen-bond donors (Lipinski definition) is 1. The zero-order valence-electron chi connectivity index (χ0n) is 17.4. The number of rotatable bonds is 5. The van der Waals surface area contributed by atoms with Crippen molar-refractivity contribution in [2.24, 2.45) is 7.05 Å². The summed E-state index contributed by atoms with van der Waals surface area (Å²) < 4.78 is 1.74. The van der Waals surface area contributed by atoms with Gasteiger partial charge in [-0.3, -0.25) is 9.48 Å². The molecule has 0 bridgehead atoms. The molecule has 2 aromatic heterocycles. The number of pyridine rings is 1. The van der Waals surface area contributed by atoms with Crippen molar-refractivity contribution in [3.05, 3.63) is 51.3 Å². The second-order valence-corrected chi connectivity index (χ2v) is 7.79. The first-order chi connectivity index (χ1) is 13.3. The lowest BCUT2D eigenvalue weighted by atomic mass is 10.0. The smallest absolute Gasteiger partial charge is 0.256 e. The number of carbonyl (C=O) groups excluding carboxylic acids is 1. The van der Waals surface area contributed by atoms with Gasteiger partial charge in [0, 0.05) is 23.5 Å². The molecule has 2 heterocycles. The van der Waals surface area contributed by atoms with Crippen molar-refractivity contribution >= 4 is 34.2 Å². The van der Waals surface area contributed by atoms with Crippen LogP contribution < -0.4 is 5.32 Å². The molecule has 1 N–H and O–H groups in total. The fourth-order valence-electron chi connectivity index (χ4n) is 3.59. The Morgan fingerprint density at radius 2 is 1.96 bits per heavy atom. The number of hydrogen-bond acceptors (Lipinski definition) is 3. The van der Waals surface area contributed by atoms with E-state index in [2.05, 4.69) is 31.2 Å². The molecule has 0 saturated heterocycles. The highest BCUT2D eigenvalue weighted by Gasteiger charge is 2.21. The van der Waals surface area contributed by atoms with Crippen LogP contribution in [0.25, 0.3) is 11.0 Å². The molecule has 28 heavy (non-hydrogen) atoms. The summed E-state index contributed by atoms with van der Waals surface area (Å²) in [7, 11) is 1.86. The van der Waals surface area contributed by atoms with Crippen LogP contribution in [0.3, 0.4) is 0 Å². The fourth-order valence-corrected chi connectivity index (χ4v) is 3.88. The number of nitrogens with one attached hydrogen (secondary N) is 1. The van der Waals surface area contributed by atoms with Gasteiger partial charge in [-0.2, -0.15) is 5.10 Å². The van der Waals surface area contributed by atoms with E-state index in [-0.39, 0.29) is 11.8 Å². The molecule has 6 heteroatoms. The van der Waals surface area contributed by atoms with Crippen molar-refractivity contribution in [2.75, 3.05) is 5.32 Å². The molecule has 3 aromatic rings. The van der Waals surface area contributed by atoms with Gasteiger partial charge in [0.1, 0.15) is 0 Å². The molecule has 0 radical (unpaired) electrons. The molecule has 0 fully saturated rings. The Labute approximate surface area is 171 Å². The third kappa shape index (κ3) is 3.51. The topological polar surface area (TPSA) is 59.8 Å². The molecule has 0 saturated carbocycles. The summed E-state index contributed by atoms with van der Waals surface area (Å²) in [4.78, 5) is 18.1. The fraction of sp³-hybridized carbons (Fsp3) is 0.409. The van der Waals surface area contributed by atoms with Gasteiger partial charge in [0.25, 0.3) is 5.91 Å². The first-order valence-electron chi connectivity index (χ1n) is 9.74. The zero-order valence-corrected chi connectivity index (χ0v) is 18.1. The molecule has 0 atom stereocenters. The zero-order chi connectivity index (χ0) is 20.6. The Hall–Kier alpha value is -2.40. The Morgan fingerprint density at radius 1 is 1.25 bits per heavy atom. The van der Waals surface area contributed by atoms with E-state index >= 15 is 0 Å². The lowest BCUT2D eigenvalue weighted by Gasteiger charge is -2.17. The van der Waals surface area contributed by atoms with E-state index in [0.29, 0.717) is 10.6 Å². The number of anilines is 1. The minimum Gasteiger partial charge on any atom is -0.321 e. The molecule has 0 unspecified atom stereocenters. The van der Waals surface area contributed by atoms with Gasteiger partial charge in [0.15, 0.2) is 5.65 Å². The molecule has 148 valence electrons. The van der Waals surface area contributed by atoms with Crippen molar-refractivity contribution in [1.29, 1.82) is 0 Å². The van der Waals surface area contributed by atoms with Gasteiger partial charge in [-0.1, -0.05) is 45.4 Å². The van der Waals surface area contributed by atoms with Crippen LogP contribution in [0.5, 0.6) is 0 Å². The van der Waals surface area contributed by atoms with Crippen LogP contribution in [-0.4, -0.2) is 20.7 Å². The quantitative estimate of drug-likeness (QED) is 0.623. The monoisotopic (exact) mass is 398 g/mol. The number of carbonyl (C=O) groups is 1. The van der Waals surface area contributed by atoms with Gasteiger partial charge < -0.3 is 5.32 Å². The molecular formula is C22H27ClN4O. The third-order valence-electron chi connectivity index (χ3n) is 5.14. The van der Waals surface area contributed by atoms with Gasteiger partial charge in [-0.15, -0.1) is 0 Å². The number of amides is 1. The van der Waals surface area contributed by atoms with E-state index < -0.39 is 0 Å².